The number of ether oxygens (including phenoxy) is 1. The zero-order chi connectivity index (χ0) is 26.3. The van der Waals surface area contributed by atoms with Gasteiger partial charge in [-0.1, -0.05) is 36.4 Å². The Kier molecular flexibility index (Phi) is 8.77. The highest BCUT2D eigenvalue weighted by Crippen LogP contribution is 2.36. The van der Waals surface area contributed by atoms with E-state index in [-0.39, 0.29) is 22.7 Å². The van der Waals surface area contributed by atoms with E-state index in [0.29, 0.717) is 12.7 Å². The Balaban J connectivity index is 0.000000201. The topological polar surface area (TPSA) is 87.1 Å². The second-order valence-corrected chi connectivity index (χ2v) is 8.63. The molecule has 0 unspecified atom stereocenters. The number of benzene rings is 3. The number of piperidine rings is 1. The van der Waals surface area contributed by atoms with Crippen molar-refractivity contribution in [3.05, 3.63) is 89.5 Å². The Labute approximate surface area is 208 Å². The summed E-state index contributed by atoms with van der Waals surface area (Å²) in [5.41, 5.74) is 0.637. The number of esters is 1. The van der Waals surface area contributed by atoms with Crippen LogP contribution in [0, 0.1) is 11.6 Å². The number of rotatable bonds is 5. The first-order valence-corrected chi connectivity index (χ1v) is 11.6. The van der Waals surface area contributed by atoms with Gasteiger partial charge in [-0.05, 0) is 75.3 Å². The van der Waals surface area contributed by atoms with Gasteiger partial charge in [-0.15, -0.1) is 0 Å². The minimum atomic E-state index is -1.32. The maximum Gasteiger partial charge on any atom is 0.339 e. The number of carboxylic acid groups (broad SMARTS) is 1. The van der Waals surface area contributed by atoms with Crippen LogP contribution in [-0.2, 0) is 14.9 Å². The van der Waals surface area contributed by atoms with Gasteiger partial charge >= 0.3 is 11.9 Å². The molecule has 0 amide bonds. The third-order valence-corrected chi connectivity index (χ3v) is 6.30. The SMILES string of the molecule is CCOC(=O)C1(c2ccccc2)CCN(C)CC1.O=C(O)c1cc(-c2ccc(F)cc2F)ccc1O. The fraction of sp³-hybridized carbons (Fsp3) is 0.286. The van der Waals surface area contributed by atoms with Crippen molar-refractivity contribution in [3.63, 3.8) is 0 Å². The largest absolute Gasteiger partial charge is 0.507 e. The number of likely N-dealkylation sites (tertiary alicyclic amines) is 1. The molecular formula is C28H29F2NO5. The maximum absolute atomic E-state index is 13.5. The Bertz CT molecular complexity index is 1210. The van der Waals surface area contributed by atoms with Gasteiger partial charge in [-0.2, -0.15) is 0 Å². The van der Waals surface area contributed by atoms with E-state index < -0.39 is 28.8 Å². The predicted octanol–water partition coefficient (Wildman–Crippen LogP) is 5.25. The highest BCUT2D eigenvalue weighted by Gasteiger charge is 2.43. The van der Waals surface area contributed by atoms with Crippen molar-refractivity contribution < 1.29 is 33.3 Å². The summed E-state index contributed by atoms with van der Waals surface area (Å²) in [7, 11) is 2.10. The number of hydrogen-bond donors (Lipinski definition) is 2. The average molecular weight is 498 g/mol. The first-order valence-electron chi connectivity index (χ1n) is 11.6. The van der Waals surface area contributed by atoms with Crippen molar-refractivity contribution in [2.45, 2.75) is 25.2 Å². The molecule has 0 atom stereocenters. The molecule has 1 saturated heterocycles. The number of nitrogens with zero attached hydrogens (tertiary/aromatic N) is 1. The van der Waals surface area contributed by atoms with E-state index in [9.17, 15) is 23.5 Å². The van der Waals surface area contributed by atoms with Crippen LogP contribution in [0.4, 0.5) is 8.78 Å². The van der Waals surface area contributed by atoms with E-state index in [2.05, 4.69) is 11.9 Å². The van der Waals surface area contributed by atoms with Crippen LogP contribution in [0.3, 0.4) is 0 Å². The summed E-state index contributed by atoms with van der Waals surface area (Å²) in [6.07, 6.45) is 1.68. The molecule has 0 aliphatic carbocycles. The smallest absolute Gasteiger partial charge is 0.339 e. The lowest BCUT2D eigenvalue weighted by molar-refractivity contribution is -0.152. The van der Waals surface area contributed by atoms with Crippen molar-refractivity contribution in [2.24, 2.45) is 0 Å². The Morgan fingerprint density at radius 3 is 2.25 bits per heavy atom. The van der Waals surface area contributed by atoms with E-state index in [1.807, 2.05) is 37.3 Å². The van der Waals surface area contributed by atoms with Crippen LogP contribution in [0.15, 0.2) is 66.7 Å². The van der Waals surface area contributed by atoms with Gasteiger partial charge in [-0.25, -0.2) is 13.6 Å². The lowest BCUT2D eigenvalue weighted by atomic mass is 9.73. The van der Waals surface area contributed by atoms with Crippen LogP contribution < -0.4 is 0 Å². The summed E-state index contributed by atoms with van der Waals surface area (Å²) in [6, 6.07) is 16.7. The predicted molar refractivity (Wildman–Crippen MR) is 132 cm³/mol. The third-order valence-electron chi connectivity index (χ3n) is 6.30. The molecule has 0 bridgehead atoms. The number of carboxylic acids is 1. The maximum atomic E-state index is 13.5. The highest BCUT2D eigenvalue weighted by atomic mass is 19.1. The molecule has 0 radical (unpaired) electrons. The minimum Gasteiger partial charge on any atom is -0.507 e. The second-order valence-electron chi connectivity index (χ2n) is 8.63. The van der Waals surface area contributed by atoms with Gasteiger partial charge in [0.25, 0.3) is 0 Å². The van der Waals surface area contributed by atoms with E-state index in [1.165, 1.54) is 12.1 Å². The van der Waals surface area contributed by atoms with Gasteiger partial charge in [0.15, 0.2) is 0 Å². The summed E-state index contributed by atoms with van der Waals surface area (Å²) in [5.74, 6) is -3.31. The number of carbonyl (C=O) groups excluding carboxylic acids is 1. The molecule has 36 heavy (non-hydrogen) atoms. The molecule has 0 aromatic heterocycles. The molecule has 6 nitrogen and oxygen atoms in total. The number of aromatic carboxylic acids is 1. The summed E-state index contributed by atoms with van der Waals surface area (Å²) >= 11 is 0. The Morgan fingerprint density at radius 2 is 1.67 bits per heavy atom. The van der Waals surface area contributed by atoms with Crippen LogP contribution in [0.1, 0.15) is 35.7 Å². The van der Waals surface area contributed by atoms with Crippen molar-refractivity contribution in [1.82, 2.24) is 4.90 Å². The molecule has 1 aliphatic rings. The first-order chi connectivity index (χ1) is 17.2. The standard InChI is InChI=1S/C15H21NO2.C13H8F2O3/c1-3-18-14(17)15(9-11-16(2)12-10-15)13-7-5-4-6-8-13;14-8-2-3-9(11(15)6-8)7-1-4-12(16)10(5-7)13(17)18/h4-8H,3,9-12H2,1-2H3;1-6,16H,(H,17,18). The average Bonchev–Trinajstić information content (AvgIpc) is 2.86. The molecule has 4 rings (SSSR count). The quantitative estimate of drug-likeness (QED) is 0.469. The highest BCUT2D eigenvalue weighted by molar-refractivity contribution is 5.92. The van der Waals surface area contributed by atoms with Crippen LogP contribution in [0.5, 0.6) is 5.75 Å². The molecule has 0 spiro atoms. The molecule has 3 aromatic carbocycles. The van der Waals surface area contributed by atoms with E-state index in [4.69, 9.17) is 9.84 Å². The molecule has 3 aromatic rings. The molecule has 8 heteroatoms. The van der Waals surface area contributed by atoms with Gasteiger partial charge in [-0.3, -0.25) is 4.79 Å². The lowest BCUT2D eigenvalue weighted by Gasteiger charge is -2.38. The van der Waals surface area contributed by atoms with Crippen molar-refractivity contribution in [3.8, 4) is 16.9 Å². The number of hydrogen-bond acceptors (Lipinski definition) is 5. The van der Waals surface area contributed by atoms with E-state index in [1.54, 1.807) is 0 Å². The summed E-state index contributed by atoms with van der Waals surface area (Å²) in [5, 5.41) is 18.2. The fourth-order valence-electron chi connectivity index (χ4n) is 4.24. The molecule has 1 fully saturated rings. The third kappa shape index (κ3) is 6.07. The molecule has 2 N–H and O–H groups in total. The Morgan fingerprint density at radius 1 is 1.00 bits per heavy atom. The summed E-state index contributed by atoms with van der Waals surface area (Å²) < 4.78 is 31.6. The Hall–Kier alpha value is -3.78. The summed E-state index contributed by atoms with van der Waals surface area (Å²) in [6.45, 7) is 4.19. The monoisotopic (exact) mass is 497 g/mol. The second kappa shape index (κ2) is 11.8. The van der Waals surface area contributed by atoms with Gasteiger partial charge in [0.2, 0.25) is 0 Å². The summed E-state index contributed by atoms with van der Waals surface area (Å²) in [4.78, 5) is 25.5. The van der Waals surface area contributed by atoms with Crippen molar-refractivity contribution in [2.75, 3.05) is 26.7 Å². The first kappa shape index (κ1) is 26.8. The number of aromatic hydroxyl groups is 1. The normalized spacial score (nSPS) is 14.9. The zero-order valence-electron chi connectivity index (χ0n) is 20.2. The zero-order valence-corrected chi connectivity index (χ0v) is 20.2. The van der Waals surface area contributed by atoms with Crippen LogP contribution in [0.25, 0.3) is 11.1 Å². The lowest BCUT2D eigenvalue weighted by Crippen LogP contribution is -2.47. The molecular weight excluding hydrogens is 468 g/mol. The van der Waals surface area contributed by atoms with Crippen molar-refractivity contribution >= 4 is 11.9 Å². The number of carbonyl (C=O) groups is 2. The van der Waals surface area contributed by atoms with Crippen molar-refractivity contribution in [1.29, 1.82) is 0 Å². The molecule has 1 aliphatic heterocycles. The van der Waals surface area contributed by atoms with Crippen LogP contribution >= 0.6 is 0 Å². The van der Waals surface area contributed by atoms with E-state index >= 15 is 0 Å². The van der Waals surface area contributed by atoms with E-state index in [0.717, 1.165) is 49.7 Å². The molecule has 1 heterocycles. The minimum absolute atomic E-state index is 0.0655. The van der Waals surface area contributed by atoms with Crippen LogP contribution in [0.2, 0.25) is 0 Å². The fourth-order valence-corrected chi connectivity index (χ4v) is 4.24. The van der Waals surface area contributed by atoms with Gasteiger partial charge in [0.1, 0.15) is 22.9 Å². The number of phenols is 1. The molecule has 190 valence electrons. The van der Waals surface area contributed by atoms with Gasteiger partial charge in [0.05, 0.1) is 12.0 Å². The van der Waals surface area contributed by atoms with Gasteiger partial charge < -0.3 is 19.8 Å². The van der Waals surface area contributed by atoms with Crippen LogP contribution in [-0.4, -0.2) is 53.8 Å². The number of halogens is 2. The van der Waals surface area contributed by atoms with Gasteiger partial charge in [0, 0.05) is 11.6 Å². The molecule has 0 saturated carbocycles.